The van der Waals surface area contributed by atoms with Gasteiger partial charge < -0.3 is 28.3 Å². The van der Waals surface area contributed by atoms with Crippen molar-refractivity contribution in [3.8, 4) is 23.5 Å². The summed E-state index contributed by atoms with van der Waals surface area (Å²) in [6.45, 7) is 6.47. The van der Waals surface area contributed by atoms with Crippen LogP contribution in [0.1, 0.15) is 38.2 Å². The van der Waals surface area contributed by atoms with Crippen molar-refractivity contribution >= 4 is 38.7 Å². The number of rotatable bonds is 9. The maximum absolute atomic E-state index is 10.8. The number of aliphatic hydroxyl groups is 1. The quantitative estimate of drug-likeness (QED) is 0.200. The summed E-state index contributed by atoms with van der Waals surface area (Å²) in [7, 11) is 0. The molecule has 0 bridgehead atoms. The first kappa shape index (κ1) is 28.1. The molecular weight excluding hydrogens is 574 g/mol. The van der Waals surface area contributed by atoms with E-state index in [1.165, 1.54) is 16.3 Å². The molecule has 0 radical (unpaired) electrons. The number of hydrogen-bond donors (Lipinski definition) is 1. The molecule has 40 heavy (non-hydrogen) atoms. The van der Waals surface area contributed by atoms with Crippen LogP contribution in [0, 0.1) is 0 Å². The van der Waals surface area contributed by atoms with Gasteiger partial charge in [-0.05, 0) is 74.2 Å². The molecule has 0 aliphatic carbocycles. The van der Waals surface area contributed by atoms with Gasteiger partial charge in [0, 0.05) is 12.6 Å². The van der Waals surface area contributed by atoms with Crippen LogP contribution in [0.2, 0.25) is 0 Å². The molecule has 9 heteroatoms. The van der Waals surface area contributed by atoms with Crippen LogP contribution in [0.25, 0.3) is 33.4 Å². The van der Waals surface area contributed by atoms with Gasteiger partial charge in [-0.2, -0.15) is 0 Å². The first-order chi connectivity index (χ1) is 19.0. The number of nitrogens with zero attached hydrogens (tertiary/aromatic N) is 3. The fourth-order valence-electron chi connectivity index (χ4n) is 5.27. The van der Waals surface area contributed by atoms with E-state index in [-0.39, 0.29) is 41.7 Å². The topological polar surface area (TPSA) is 94.0 Å². The molecule has 6 rings (SSSR count). The highest BCUT2D eigenvalue weighted by atomic mass is 79.9. The number of halogens is 1. The number of piperidine rings is 1. The van der Waals surface area contributed by atoms with Crippen molar-refractivity contribution in [2.45, 2.75) is 44.8 Å². The van der Waals surface area contributed by atoms with Crippen molar-refractivity contribution in [1.82, 2.24) is 15.1 Å². The monoisotopic (exact) mass is 607 g/mol. The van der Waals surface area contributed by atoms with Crippen molar-refractivity contribution < 1.29 is 23.4 Å². The van der Waals surface area contributed by atoms with Crippen LogP contribution in [-0.4, -0.2) is 58.7 Å². The second-order valence-corrected chi connectivity index (χ2v) is 10.5. The molecule has 8 nitrogen and oxygen atoms in total. The largest absolute Gasteiger partial charge is 0.490 e. The lowest BCUT2D eigenvalue weighted by Crippen LogP contribution is -2.40. The minimum atomic E-state index is -0.601. The van der Waals surface area contributed by atoms with Gasteiger partial charge in [-0.25, -0.2) is 0 Å². The Labute approximate surface area is 243 Å². The van der Waals surface area contributed by atoms with Gasteiger partial charge in [0.15, 0.2) is 5.76 Å². The normalized spacial score (nSPS) is 15.4. The van der Waals surface area contributed by atoms with Gasteiger partial charge in [0.25, 0.3) is 5.89 Å². The smallest absolute Gasteiger partial charge is 0.415 e. The standard InChI is InChI=1S/C31H33N3O5.BrH/c1-20(2)37-31-33-32-30(39-31)29-17-26-27(8-5-9-28(26)38-29)36-19-25(35)18-34-14-12-22(13-15-34)24-11-10-21-6-3-4-7-23(21)16-24;/h3-11,16-17,20,22,25,35H,12-15,18-19H2,1-2H3;1H/t25-;/m0./s1. The molecule has 2 aromatic heterocycles. The third-order valence-electron chi connectivity index (χ3n) is 7.21. The Morgan fingerprint density at radius 1 is 0.950 bits per heavy atom. The predicted octanol–water partition coefficient (Wildman–Crippen LogP) is 6.62. The highest BCUT2D eigenvalue weighted by Gasteiger charge is 2.23. The second-order valence-electron chi connectivity index (χ2n) is 10.5. The first-order valence-corrected chi connectivity index (χ1v) is 13.6. The summed E-state index contributed by atoms with van der Waals surface area (Å²) in [6, 6.07) is 22.7. The molecular formula is C31H34BrN3O5. The number of likely N-dealkylation sites (tertiary alicyclic amines) is 1. The van der Waals surface area contributed by atoms with E-state index in [1.807, 2.05) is 32.0 Å². The van der Waals surface area contributed by atoms with Gasteiger partial charge in [0.1, 0.15) is 24.0 Å². The van der Waals surface area contributed by atoms with Crippen molar-refractivity contribution in [2.24, 2.45) is 0 Å². The molecule has 1 fully saturated rings. The number of ether oxygens (including phenoxy) is 2. The van der Waals surface area contributed by atoms with E-state index in [1.54, 1.807) is 6.07 Å². The Kier molecular flexibility index (Phi) is 8.73. The Balaban J connectivity index is 0.00000323. The Morgan fingerprint density at radius 2 is 1.75 bits per heavy atom. The third kappa shape index (κ3) is 6.32. The molecule has 1 atom stereocenters. The fourth-order valence-corrected chi connectivity index (χ4v) is 5.27. The molecule has 3 heterocycles. The van der Waals surface area contributed by atoms with E-state index >= 15 is 0 Å². The van der Waals surface area contributed by atoms with Gasteiger partial charge >= 0.3 is 6.08 Å². The maximum Gasteiger partial charge on any atom is 0.415 e. The minimum Gasteiger partial charge on any atom is -0.490 e. The molecule has 3 aromatic carbocycles. The summed E-state index contributed by atoms with van der Waals surface area (Å²) >= 11 is 0. The van der Waals surface area contributed by atoms with Crippen LogP contribution in [0.5, 0.6) is 11.8 Å². The summed E-state index contributed by atoms with van der Waals surface area (Å²) in [5, 5.41) is 22.0. The van der Waals surface area contributed by atoms with Crippen LogP contribution in [0.4, 0.5) is 0 Å². The number of fused-ring (bicyclic) bond motifs is 2. The summed E-state index contributed by atoms with van der Waals surface area (Å²) in [4.78, 5) is 2.33. The van der Waals surface area contributed by atoms with E-state index in [0.29, 0.717) is 29.6 Å². The average Bonchev–Trinajstić information content (AvgIpc) is 3.59. The van der Waals surface area contributed by atoms with Crippen LogP contribution in [0.3, 0.4) is 0 Å². The van der Waals surface area contributed by atoms with Gasteiger partial charge in [0.05, 0.1) is 11.5 Å². The van der Waals surface area contributed by atoms with Crippen LogP contribution in [-0.2, 0) is 0 Å². The van der Waals surface area contributed by atoms with Crippen LogP contribution in [0.15, 0.2) is 75.6 Å². The number of aromatic nitrogens is 2. The molecule has 5 aromatic rings. The summed E-state index contributed by atoms with van der Waals surface area (Å²) in [6.07, 6.45) is 1.60. The fraction of sp³-hybridized carbons (Fsp3) is 0.355. The SMILES string of the molecule is Br.CC(C)Oc1nnc(-c2cc3c(OC[C@@H](O)CN4CCC(c5ccc6ccccc6c5)CC4)cccc3o2)o1. The van der Waals surface area contributed by atoms with Crippen molar-refractivity contribution in [3.05, 3.63) is 72.3 Å². The highest BCUT2D eigenvalue weighted by Crippen LogP contribution is 2.34. The molecule has 1 aliphatic rings. The maximum atomic E-state index is 10.8. The lowest BCUT2D eigenvalue weighted by molar-refractivity contribution is 0.0599. The van der Waals surface area contributed by atoms with Gasteiger partial charge in [-0.15, -0.1) is 22.1 Å². The molecule has 0 amide bonds. The number of benzene rings is 3. The second kappa shape index (κ2) is 12.4. The van der Waals surface area contributed by atoms with E-state index in [9.17, 15) is 5.11 Å². The van der Waals surface area contributed by atoms with Crippen molar-refractivity contribution in [2.75, 3.05) is 26.2 Å². The zero-order valence-corrected chi connectivity index (χ0v) is 24.4. The zero-order chi connectivity index (χ0) is 26.8. The Hall–Kier alpha value is -3.40. The summed E-state index contributed by atoms with van der Waals surface area (Å²) in [5.41, 5.74) is 2.05. The van der Waals surface area contributed by atoms with Crippen molar-refractivity contribution in [3.63, 3.8) is 0 Å². The Bertz CT molecular complexity index is 1560. The molecule has 0 spiro atoms. The summed E-state index contributed by atoms with van der Waals surface area (Å²) in [5.74, 6) is 1.86. The van der Waals surface area contributed by atoms with Crippen LogP contribution >= 0.6 is 17.0 Å². The number of furan rings is 1. The van der Waals surface area contributed by atoms with Gasteiger partial charge in [-0.1, -0.05) is 53.6 Å². The first-order valence-electron chi connectivity index (χ1n) is 13.6. The molecule has 210 valence electrons. The highest BCUT2D eigenvalue weighted by molar-refractivity contribution is 8.93. The zero-order valence-electron chi connectivity index (χ0n) is 22.7. The van der Waals surface area contributed by atoms with Gasteiger partial charge in [0.2, 0.25) is 0 Å². The molecule has 1 aliphatic heterocycles. The van der Waals surface area contributed by atoms with E-state index in [4.69, 9.17) is 18.3 Å². The lowest BCUT2D eigenvalue weighted by atomic mass is 9.88. The molecule has 0 saturated carbocycles. The van der Waals surface area contributed by atoms with Gasteiger partial charge in [-0.3, -0.25) is 0 Å². The van der Waals surface area contributed by atoms with Crippen LogP contribution < -0.4 is 9.47 Å². The molecule has 0 unspecified atom stereocenters. The summed E-state index contributed by atoms with van der Waals surface area (Å²) < 4.78 is 23.0. The third-order valence-corrected chi connectivity index (χ3v) is 7.21. The lowest BCUT2D eigenvalue weighted by Gasteiger charge is -2.33. The van der Waals surface area contributed by atoms with E-state index < -0.39 is 6.10 Å². The van der Waals surface area contributed by atoms with Crippen molar-refractivity contribution in [1.29, 1.82) is 0 Å². The number of β-amino-alcohol motifs (C(OH)–C–C–N with tert-alkyl or cyclic N) is 1. The predicted molar refractivity (Wildman–Crippen MR) is 159 cm³/mol. The van der Waals surface area contributed by atoms with E-state index in [0.717, 1.165) is 31.3 Å². The average molecular weight is 609 g/mol. The molecule has 1 N–H and O–H groups in total. The number of hydrogen-bond acceptors (Lipinski definition) is 8. The number of aliphatic hydroxyl groups excluding tert-OH is 1. The minimum absolute atomic E-state index is 0. The Morgan fingerprint density at radius 3 is 2.55 bits per heavy atom. The van der Waals surface area contributed by atoms with E-state index in [2.05, 4.69) is 57.6 Å². The molecule has 1 saturated heterocycles.